The predicted molar refractivity (Wildman–Crippen MR) is 62.6 cm³/mol. The Hall–Kier alpha value is -1.51. The van der Waals surface area contributed by atoms with E-state index in [2.05, 4.69) is 0 Å². The highest BCUT2D eigenvalue weighted by molar-refractivity contribution is 5.76. The van der Waals surface area contributed by atoms with Gasteiger partial charge in [-0.3, -0.25) is 0 Å². The molecule has 1 atom stereocenters. The standard InChI is InChI=1S/C13H18O3/c1-8(2)11(6-9(3)14)10-4-5-12(15)13(16)7-10/h4-5,7-8,11,15-16H,6H2,1-3H3. The second kappa shape index (κ2) is 5.01. The summed E-state index contributed by atoms with van der Waals surface area (Å²) in [5.41, 5.74) is 0.889. The fourth-order valence-corrected chi connectivity index (χ4v) is 1.82. The summed E-state index contributed by atoms with van der Waals surface area (Å²) in [6.07, 6.45) is 0.460. The van der Waals surface area contributed by atoms with Crippen LogP contribution in [0.4, 0.5) is 0 Å². The third kappa shape index (κ3) is 2.99. The van der Waals surface area contributed by atoms with Gasteiger partial charge in [0.05, 0.1) is 0 Å². The van der Waals surface area contributed by atoms with Gasteiger partial charge in [0.15, 0.2) is 11.5 Å². The highest BCUT2D eigenvalue weighted by atomic mass is 16.3. The van der Waals surface area contributed by atoms with Gasteiger partial charge in [0.25, 0.3) is 0 Å². The lowest BCUT2D eigenvalue weighted by Gasteiger charge is -2.20. The number of carbonyl (C=O) groups is 1. The lowest BCUT2D eigenvalue weighted by Crippen LogP contribution is -2.10. The number of rotatable bonds is 4. The number of aromatic hydroxyl groups is 2. The fourth-order valence-electron chi connectivity index (χ4n) is 1.82. The number of ketones is 1. The molecule has 0 bridgehead atoms. The van der Waals surface area contributed by atoms with E-state index in [1.165, 1.54) is 12.1 Å². The molecule has 0 aliphatic heterocycles. The topological polar surface area (TPSA) is 57.5 Å². The first-order chi connectivity index (χ1) is 7.41. The summed E-state index contributed by atoms with van der Waals surface area (Å²) < 4.78 is 0. The van der Waals surface area contributed by atoms with Gasteiger partial charge >= 0.3 is 0 Å². The van der Waals surface area contributed by atoms with Crippen molar-refractivity contribution >= 4 is 5.78 Å². The maximum Gasteiger partial charge on any atom is 0.157 e. The molecule has 0 saturated heterocycles. The second-order valence-corrected chi connectivity index (χ2v) is 4.50. The van der Waals surface area contributed by atoms with Gasteiger partial charge in [-0.25, -0.2) is 0 Å². The average molecular weight is 222 g/mol. The van der Waals surface area contributed by atoms with Crippen molar-refractivity contribution in [2.75, 3.05) is 0 Å². The first-order valence-corrected chi connectivity index (χ1v) is 5.43. The number of hydrogen-bond donors (Lipinski definition) is 2. The minimum absolute atomic E-state index is 0.0870. The van der Waals surface area contributed by atoms with Gasteiger partial charge in [0.1, 0.15) is 5.78 Å². The fraction of sp³-hybridized carbons (Fsp3) is 0.462. The van der Waals surface area contributed by atoms with Gasteiger partial charge in [0.2, 0.25) is 0 Å². The Morgan fingerprint density at radius 3 is 2.31 bits per heavy atom. The van der Waals surface area contributed by atoms with Gasteiger partial charge in [0, 0.05) is 6.42 Å². The van der Waals surface area contributed by atoms with Crippen molar-refractivity contribution in [2.24, 2.45) is 5.92 Å². The first-order valence-electron chi connectivity index (χ1n) is 5.43. The van der Waals surface area contributed by atoms with Crippen molar-refractivity contribution in [3.63, 3.8) is 0 Å². The number of phenols is 2. The van der Waals surface area contributed by atoms with Crippen LogP contribution in [0.5, 0.6) is 11.5 Å². The third-order valence-corrected chi connectivity index (χ3v) is 2.74. The monoisotopic (exact) mass is 222 g/mol. The molecule has 1 aromatic rings. The van der Waals surface area contributed by atoms with Crippen LogP contribution in [0.15, 0.2) is 18.2 Å². The molecule has 3 nitrogen and oxygen atoms in total. The minimum Gasteiger partial charge on any atom is -0.504 e. The molecule has 0 aliphatic rings. The Morgan fingerprint density at radius 2 is 1.88 bits per heavy atom. The highest BCUT2D eigenvalue weighted by Gasteiger charge is 2.18. The molecule has 1 unspecified atom stereocenters. The molecular weight excluding hydrogens is 204 g/mol. The Labute approximate surface area is 95.7 Å². The van der Waals surface area contributed by atoms with Crippen molar-refractivity contribution in [2.45, 2.75) is 33.1 Å². The van der Waals surface area contributed by atoms with Crippen molar-refractivity contribution in [3.8, 4) is 11.5 Å². The molecule has 88 valence electrons. The van der Waals surface area contributed by atoms with E-state index in [0.717, 1.165) is 5.56 Å². The van der Waals surface area contributed by atoms with Gasteiger partial charge in [-0.15, -0.1) is 0 Å². The Morgan fingerprint density at radius 1 is 1.25 bits per heavy atom. The molecule has 0 radical (unpaired) electrons. The second-order valence-electron chi connectivity index (χ2n) is 4.50. The molecule has 0 saturated carbocycles. The molecule has 2 N–H and O–H groups in total. The average Bonchev–Trinajstić information content (AvgIpc) is 2.18. The first kappa shape index (κ1) is 12.6. The van der Waals surface area contributed by atoms with Crippen molar-refractivity contribution in [3.05, 3.63) is 23.8 Å². The van der Waals surface area contributed by atoms with Gasteiger partial charge in [-0.05, 0) is 36.5 Å². The normalized spacial score (nSPS) is 12.8. The SMILES string of the molecule is CC(=O)CC(c1ccc(O)c(O)c1)C(C)C. The maximum absolute atomic E-state index is 11.2. The Bertz CT molecular complexity index is 383. The number of hydrogen-bond acceptors (Lipinski definition) is 3. The molecular formula is C13H18O3. The molecule has 0 amide bonds. The largest absolute Gasteiger partial charge is 0.504 e. The molecule has 0 aliphatic carbocycles. The van der Waals surface area contributed by atoms with Crippen molar-refractivity contribution < 1.29 is 15.0 Å². The van der Waals surface area contributed by atoms with E-state index in [4.69, 9.17) is 0 Å². The summed E-state index contributed by atoms with van der Waals surface area (Å²) in [5, 5.41) is 18.7. The summed E-state index contributed by atoms with van der Waals surface area (Å²) in [6, 6.07) is 4.74. The van der Waals surface area contributed by atoms with Crippen LogP contribution in [0.2, 0.25) is 0 Å². The summed E-state index contributed by atoms with van der Waals surface area (Å²) in [7, 11) is 0. The summed E-state index contributed by atoms with van der Waals surface area (Å²) in [6.45, 7) is 5.64. The molecule has 1 aromatic carbocycles. The Balaban J connectivity index is 3.01. The predicted octanol–water partition coefficient (Wildman–Crippen LogP) is 2.82. The van der Waals surface area contributed by atoms with Gasteiger partial charge in [-0.1, -0.05) is 19.9 Å². The van der Waals surface area contributed by atoms with Gasteiger partial charge in [-0.2, -0.15) is 0 Å². The third-order valence-electron chi connectivity index (χ3n) is 2.74. The van der Waals surface area contributed by atoms with E-state index >= 15 is 0 Å². The molecule has 0 spiro atoms. The quantitative estimate of drug-likeness (QED) is 0.770. The van der Waals surface area contributed by atoms with Crippen molar-refractivity contribution in [1.29, 1.82) is 0 Å². The number of benzene rings is 1. The van der Waals surface area contributed by atoms with E-state index < -0.39 is 0 Å². The highest BCUT2D eigenvalue weighted by Crippen LogP contribution is 2.33. The maximum atomic E-state index is 11.2. The van der Waals surface area contributed by atoms with Crippen LogP contribution in [-0.4, -0.2) is 16.0 Å². The number of Topliss-reactive ketones (excluding diaryl/α,β-unsaturated/α-hetero) is 1. The number of carbonyl (C=O) groups excluding carboxylic acids is 1. The van der Waals surface area contributed by atoms with E-state index in [-0.39, 0.29) is 23.2 Å². The van der Waals surface area contributed by atoms with Crippen LogP contribution in [0, 0.1) is 5.92 Å². The van der Waals surface area contributed by atoms with E-state index in [0.29, 0.717) is 12.3 Å². The summed E-state index contributed by atoms with van der Waals surface area (Å²) >= 11 is 0. The summed E-state index contributed by atoms with van der Waals surface area (Å²) in [4.78, 5) is 11.2. The molecule has 1 rings (SSSR count). The summed E-state index contributed by atoms with van der Waals surface area (Å²) in [5.74, 6) is 0.267. The van der Waals surface area contributed by atoms with Crippen LogP contribution in [0.3, 0.4) is 0 Å². The smallest absolute Gasteiger partial charge is 0.157 e. The van der Waals surface area contributed by atoms with Crippen LogP contribution in [-0.2, 0) is 4.79 Å². The zero-order valence-electron chi connectivity index (χ0n) is 9.90. The number of phenolic OH excluding ortho intramolecular Hbond substituents is 2. The van der Waals surface area contributed by atoms with Crippen LogP contribution >= 0.6 is 0 Å². The molecule has 3 heteroatoms. The molecule has 0 heterocycles. The van der Waals surface area contributed by atoms with E-state index in [9.17, 15) is 15.0 Å². The minimum atomic E-state index is -0.133. The molecule has 16 heavy (non-hydrogen) atoms. The Kier molecular flexibility index (Phi) is 3.93. The van der Waals surface area contributed by atoms with Crippen molar-refractivity contribution in [1.82, 2.24) is 0 Å². The van der Waals surface area contributed by atoms with Gasteiger partial charge < -0.3 is 15.0 Å². The lowest BCUT2D eigenvalue weighted by molar-refractivity contribution is -0.117. The molecule has 0 fully saturated rings. The molecule has 0 aromatic heterocycles. The van der Waals surface area contributed by atoms with E-state index in [1.54, 1.807) is 13.0 Å². The zero-order valence-corrected chi connectivity index (χ0v) is 9.90. The van der Waals surface area contributed by atoms with E-state index in [1.807, 2.05) is 13.8 Å². The van der Waals surface area contributed by atoms with Crippen LogP contribution in [0.1, 0.15) is 38.7 Å². The van der Waals surface area contributed by atoms with Crippen LogP contribution in [0.25, 0.3) is 0 Å². The lowest BCUT2D eigenvalue weighted by atomic mass is 9.84. The zero-order chi connectivity index (χ0) is 12.3. The van der Waals surface area contributed by atoms with Crippen LogP contribution < -0.4 is 0 Å².